The van der Waals surface area contributed by atoms with Gasteiger partial charge in [0.05, 0.1) is 60.3 Å². The van der Waals surface area contributed by atoms with E-state index in [0.717, 1.165) is 50.1 Å². The number of aryl methyl sites for hydroxylation is 6. The summed E-state index contributed by atoms with van der Waals surface area (Å²) in [6.07, 6.45) is 0. The summed E-state index contributed by atoms with van der Waals surface area (Å²) in [4.78, 5) is 0. The van der Waals surface area contributed by atoms with Crippen LogP contribution in [0.4, 0.5) is 0 Å². The van der Waals surface area contributed by atoms with E-state index in [1.165, 1.54) is 0 Å². The van der Waals surface area contributed by atoms with Gasteiger partial charge in [-0.3, -0.25) is 0 Å². The third-order valence-corrected chi connectivity index (χ3v) is 15.5. The predicted molar refractivity (Wildman–Crippen MR) is 268 cm³/mol. The first kappa shape index (κ1) is 46.0. The van der Waals surface area contributed by atoms with Crippen LogP contribution in [-0.4, -0.2) is 0 Å². The van der Waals surface area contributed by atoms with Gasteiger partial charge in [0.25, 0.3) is 0 Å². The summed E-state index contributed by atoms with van der Waals surface area (Å²) < 4.78 is 0. The Balaban J connectivity index is 1.73. The van der Waals surface area contributed by atoms with E-state index in [-0.39, 0.29) is 60.3 Å². The highest BCUT2D eigenvalue weighted by Gasteiger charge is 2.29. The second kappa shape index (κ2) is 17.9. The summed E-state index contributed by atoms with van der Waals surface area (Å²) in [5.41, 5.74) is 13.0. The minimum absolute atomic E-state index is 0.0662. The third kappa shape index (κ3) is 8.41. The van der Waals surface area contributed by atoms with Crippen LogP contribution in [0.5, 0.6) is 0 Å². The molecule has 0 saturated carbocycles. The Labute approximate surface area is 410 Å². The monoisotopic (exact) mass is 1030 g/mol. The van der Waals surface area contributed by atoms with E-state index in [0.29, 0.717) is 50.1 Å². The zero-order chi connectivity index (χ0) is 43.8. The number of benzene rings is 7. The maximum atomic E-state index is 7.32. The lowest BCUT2D eigenvalue weighted by molar-refractivity contribution is 1.38. The topological polar surface area (TPSA) is 0 Å². The van der Waals surface area contributed by atoms with E-state index >= 15 is 0 Å². The molecular formula is C48H30Cl12. The van der Waals surface area contributed by atoms with Crippen LogP contribution in [-0.2, 0) is 0 Å². The predicted octanol–water partition coefficient (Wildman–Crippen LogP) is 21.4. The molecular weight excluding hydrogens is 1000 g/mol. The number of rotatable bonds is 6. The molecule has 0 aliphatic carbocycles. The van der Waals surface area contributed by atoms with Crippen LogP contribution in [0.1, 0.15) is 33.4 Å². The fourth-order valence-corrected chi connectivity index (χ4v) is 11.2. The number of hydrogen-bond donors (Lipinski definition) is 0. The Morgan fingerprint density at radius 2 is 0.317 bits per heavy atom. The van der Waals surface area contributed by atoms with Crippen molar-refractivity contribution in [1.82, 2.24) is 0 Å². The van der Waals surface area contributed by atoms with Crippen molar-refractivity contribution in [3.05, 3.63) is 166 Å². The molecule has 0 bridgehead atoms. The molecule has 0 atom stereocenters. The van der Waals surface area contributed by atoms with Crippen molar-refractivity contribution >= 4 is 139 Å². The lowest BCUT2D eigenvalue weighted by Crippen LogP contribution is -1.98. The molecule has 7 rings (SSSR count). The average molecular weight is 1030 g/mol. The molecule has 306 valence electrons. The van der Waals surface area contributed by atoms with Gasteiger partial charge in [0, 0.05) is 33.4 Å². The lowest BCUT2D eigenvalue weighted by atomic mass is 9.85. The SMILES string of the molecule is Cc1cc(C)cc(-c2c(Cl)c(Cl)c(Cl)c(Cl)c2-c2cc(-c3c(Cl)c(Cl)c(Cl)c(Cl)c3-c3cc(C)cc(C)c3)cc(-c3c(Cl)c(Cl)c(Cl)c(Cl)c3-c3cc(C)cc(C)c3)c2)c1. The van der Waals surface area contributed by atoms with Gasteiger partial charge in [0.1, 0.15) is 0 Å². The Kier molecular flexibility index (Phi) is 13.7. The first-order valence-corrected chi connectivity index (χ1v) is 22.7. The molecule has 0 amide bonds. The zero-order valence-electron chi connectivity index (χ0n) is 32.5. The normalized spacial score (nSPS) is 11.5. The van der Waals surface area contributed by atoms with Crippen LogP contribution in [0.2, 0.25) is 60.3 Å². The smallest absolute Gasteiger partial charge is 0.0800 e. The van der Waals surface area contributed by atoms with Crippen LogP contribution >= 0.6 is 139 Å². The number of halogens is 12. The van der Waals surface area contributed by atoms with Crippen LogP contribution in [0.25, 0.3) is 66.8 Å². The minimum Gasteiger partial charge on any atom is -0.0819 e. The summed E-state index contributed by atoms with van der Waals surface area (Å²) in [7, 11) is 0. The summed E-state index contributed by atoms with van der Waals surface area (Å²) in [5, 5.41) is 1.59. The highest BCUT2D eigenvalue weighted by atomic mass is 35.5. The van der Waals surface area contributed by atoms with Crippen molar-refractivity contribution < 1.29 is 0 Å². The molecule has 0 unspecified atom stereocenters. The first-order chi connectivity index (χ1) is 28.2. The van der Waals surface area contributed by atoms with Gasteiger partial charge in [-0.15, -0.1) is 0 Å². The molecule has 0 spiro atoms. The largest absolute Gasteiger partial charge is 0.0819 e. The van der Waals surface area contributed by atoms with Gasteiger partial charge in [-0.05, 0) is 93.1 Å². The van der Waals surface area contributed by atoms with Crippen molar-refractivity contribution in [2.45, 2.75) is 41.5 Å². The molecule has 0 nitrogen and oxygen atoms in total. The van der Waals surface area contributed by atoms with Crippen molar-refractivity contribution in [1.29, 1.82) is 0 Å². The first-order valence-electron chi connectivity index (χ1n) is 18.2. The Morgan fingerprint density at radius 3 is 0.467 bits per heavy atom. The van der Waals surface area contributed by atoms with Gasteiger partial charge in [0.2, 0.25) is 0 Å². The van der Waals surface area contributed by atoms with Gasteiger partial charge >= 0.3 is 0 Å². The maximum Gasteiger partial charge on any atom is 0.0800 e. The van der Waals surface area contributed by atoms with E-state index in [1.54, 1.807) is 0 Å². The Hall–Kier alpha value is -1.98. The van der Waals surface area contributed by atoms with E-state index in [9.17, 15) is 0 Å². The second-order valence-electron chi connectivity index (χ2n) is 14.9. The maximum absolute atomic E-state index is 7.32. The molecule has 0 aliphatic heterocycles. The van der Waals surface area contributed by atoms with Gasteiger partial charge in [-0.25, -0.2) is 0 Å². The molecule has 7 aromatic carbocycles. The van der Waals surface area contributed by atoms with Crippen molar-refractivity contribution in [2.75, 3.05) is 0 Å². The quantitative estimate of drug-likeness (QED) is 0.115. The fourth-order valence-electron chi connectivity index (χ4n) is 7.94. The van der Waals surface area contributed by atoms with E-state index < -0.39 is 0 Å². The summed E-state index contributed by atoms with van der Waals surface area (Å²) in [6.45, 7) is 12.0. The zero-order valence-corrected chi connectivity index (χ0v) is 41.5. The van der Waals surface area contributed by atoms with Crippen LogP contribution in [0.15, 0.2) is 72.8 Å². The number of hydrogen-bond acceptors (Lipinski definition) is 0. The molecule has 0 saturated heterocycles. The highest BCUT2D eigenvalue weighted by Crippen LogP contribution is 2.56. The minimum atomic E-state index is 0.0662. The standard InChI is InChI=1S/C48H30Cl12/c1-19-7-20(2)11-25(10-19)31-34(40(52)46(58)43(55)37(31)49)28-16-29(35-32(26-12-21(3)8-22(4)13-26)38(50)44(56)47(59)41(35)53)18-30(17-28)36-33(27-14-23(5)9-24(6)15-27)39(51)45(57)48(60)42(36)54/h7-18H,1-6H3. The molecule has 0 aliphatic rings. The Morgan fingerprint density at radius 1 is 0.183 bits per heavy atom. The van der Waals surface area contributed by atoms with Crippen LogP contribution < -0.4 is 0 Å². The molecule has 0 N–H and O–H groups in total. The van der Waals surface area contributed by atoms with Gasteiger partial charge in [-0.1, -0.05) is 227 Å². The summed E-state index contributed by atoms with van der Waals surface area (Å²) in [5.74, 6) is 0. The molecule has 0 radical (unpaired) electrons. The van der Waals surface area contributed by atoms with Gasteiger partial charge < -0.3 is 0 Å². The molecule has 0 heterocycles. The molecule has 12 heteroatoms. The third-order valence-electron chi connectivity index (χ3n) is 10.1. The van der Waals surface area contributed by atoms with E-state index in [2.05, 4.69) is 18.2 Å². The summed E-state index contributed by atoms with van der Waals surface area (Å²) >= 11 is 84.8. The van der Waals surface area contributed by atoms with Crippen LogP contribution in [0, 0.1) is 41.5 Å². The lowest BCUT2D eigenvalue weighted by Gasteiger charge is -2.23. The average Bonchev–Trinajstić information content (AvgIpc) is 3.17. The van der Waals surface area contributed by atoms with Crippen molar-refractivity contribution in [3.63, 3.8) is 0 Å². The van der Waals surface area contributed by atoms with Gasteiger partial charge in [-0.2, -0.15) is 0 Å². The molecule has 60 heavy (non-hydrogen) atoms. The molecule has 0 aromatic heterocycles. The van der Waals surface area contributed by atoms with Crippen molar-refractivity contribution in [2.24, 2.45) is 0 Å². The van der Waals surface area contributed by atoms with Gasteiger partial charge in [0.15, 0.2) is 0 Å². The molecule has 0 fully saturated rings. The summed E-state index contributed by atoms with van der Waals surface area (Å²) in [6, 6.07) is 23.9. The van der Waals surface area contributed by atoms with Crippen LogP contribution in [0.3, 0.4) is 0 Å². The second-order valence-corrected chi connectivity index (χ2v) is 19.5. The fraction of sp³-hybridized carbons (Fsp3) is 0.125. The van der Waals surface area contributed by atoms with E-state index in [4.69, 9.17) is 139 Å². The highest BCUT2D eigenvalue weighted by molar-refractivity contribution is 6.56. The van der Waals surface area contributed by atoms with Crippen molar-refractivity contribution in [3.8, 4) is 66.8 Å². The van der Waals surface area contributed by atoms with E-state index in [1.807, 2.05) is 96.1 Å². The Bertz CT molecular complexity index is 2580. The molecule has 7 aromatic rings.